The van der Waals surface area contributed by atoms with Crippen molar-refractivity contribution in [3.05, 3.63) is 27.2 Å². The van der Waals surface area contributed by atoms with Gasteiger partial charge >= 0.3 is 0 Å². The van der Waals surface area contributed by atoms with E-state index in [1.54, 1.807) is 16.5 Å². The fourth-order valence-electron chi connectivity index (χ4n) is 3.62. The van der Waals surface area contributed by atoms with Gasteiger partial charge < -0.3 is 19.5 Å². The SMILES string of the molecule is COc1c2n3c(c(C)c1=O)C(O)CN3C1COCCN1C2=O. The quantitative estimate of drug-likeness (QED) is 0.714. The van der Waals surface area contributed by atoms with Crippen molar-refractivity contribution < 1.29 is 19.4 Å². The van der Waals surface area contributed by atoms with E-state index >= 15 is 0 Å². The molecule has 0 saturated carbocycles. The summed E-state index contributed by atoms with van der Waals surface area (Å²) in [7, 11) is 1.38. The molecule has 0 aromatic carbocycles. The lowest BCUT2D eigenvalue weighted by Gasteiger charge is -2.46. The maximum atomic E-state index is 12.8. The van der Waals surface area contributed by atoms with Crippen LogP contribution in [0.25, 0.3) is 0 Å². The van der Waals surface area contributed by atoms with E-state index in [0.717, 1.165) is 0 Å². The predicted octanol–water partition coefficient (Wildman–Crippen LogP) is -1.04. The number of pyridine rings is 1. The summed E-state index contributed by atoms with van der Waals surface area (Å²) < 4.78 is 12.4. The zero-order valence-corrected chi connectivity index (χ0v) is 12.4. The molecule has 3 aliphatic rings. The third kappa shape index (κ3) is 1.48. The Hall–Kier alpha value is -2.06. The number of morpholine rings is 1. The van der Waals surface area contributed by atoms with Crippen molar-refractivity contribution >= 4 is 5.91 Å². The van der Waals surface area contributed by atoms with E-state index in [1.165, 1.54) is 7.11 Å². The number of carbonyl (C=O) groups is 1. The summed E-state index contributed by atoms with van der Waals surface area (Å²) in [6.45, 7) is 3.26. The lowest BCUT2D eigenvalue weighted by Crippen LogP contribution is -2.64. The number of ether oxygens (including phenoxy) is 2. The van der Waals surface area contributed by atoms with Gasteiger partial charge in [-0.1, -0.05) is 0 Å². The third-order valence-corrected chi connectivity index (χ3v) is 4.63. The van der Waals surface area contributed by atoms with Gasteiger partial charge in [0, 0.05) is 12.1 Å². The summed E-state index contributed by atoms with van der Waals surface area (Å²) in [5, 5.41) is 12.2. The molecule has 1 fully saturated rings. The molecule has 2 atom stereocenters. The minimum Gasteiger partial charge on any atom is -0.491 e. The van der Waals surface area contributed by atoms with E-state index < -0.39 is 6.10 Å². The van der Waals surface area contributed by atoms with Crippen molar-refractivity contribution in [1.29, 1.82) is 0 Å². The largest absolute Gasteiger partial charge is 0.491 e. The van der Waals surface area contributed by atoms with Crippen LogP contribution in [0.15, 0.2) is 4.79 Å². The van der Waals surface area contributed by atoms with Crippen LogP contribution in [0.3, 0.4) is 0 Å². The van der Waals surface area contributed by atoms with Crippen LogP contribution in [0.1, 0.15) is 27.8 Å². The van der Waals surface area contributed by atoms with Crippen molar-refractivity contribution in [2.75, 3.05) is 38.4 Å². The fourth-order valence-corrected chi connectivity index (χ4v) is 3.62. The molecule has 1 aromatic rings. The van der Waals surface area contributed by atoms with Crippen molar-refractivity contribution in [3.8, 4) is 5.75 Å². The first kappa shape index (κ1) is 13.6. The molecule has 0 radical (unpaired) electrons. The molecular formula is C14H17N3O5. The van der Waals surface area contributed by atoms with Crippen LogP contribution in [-0.4, -0.2) is 60.2 Å². The Morgan fingerprint density at radius 3 is 2.86 bits per heavy atom. The molecule has 4 heterocycles. The van der Waals surface area contributed by atoms with Crippen LogP contribution < -0.4 is 15.2 Å². The number of aromatic nitrogens is 1. The van der Waals surface area contributed by atoms with Crippen LogP contribution in [-0.2, 0) is 4.74 Å². The predicted molar refractivity (Wildman–Crippen MR) is 75.7 cm³/mol. The number of methoxy groups -OCH3 is 1. The average molecular weight is 307 g/mol. The monoisotopic (exact) mass is 307 g/mol. The molecular weight excluding hydrogens is 290 g/mol. The molecule has 1 saturated heterocycles. The topological polar surface area (TPSA) is 84.2 Å². The summed E-state index contributed by atoms with van der Waals surface area (Å²) in [5.41, 5.74) is 0.737. The molecule has 4 rings (SSSR count). The Morgan fingerprint density at radius 1 is 1.36 bits per heavy atom. The van der Waals surface area contributed by atoms with E-state index in [9.17, 15) is 14.7 Å². The van der Waals surface area contributed by atoms with Gasteiger partial charge in [-0.3, -0.25) is 14.6 Å². The number of hydrogen-bond acceptors (Lipinski definition) is 6. The van der Waals surface area contributed by atoms with E-state index in [4.69, 9.17) is 9.47 Å². The number of rotatable bonds is 1. The van der Waals surface area contributed by atoms with Crippen molar-refractivity contribution in [2.45, 2.75) is 19.2 Å². The molecule has 118 valence electrons. The first-order valence-electron chi connectivity index (χ1n) is 7.23. The maximum absolute atomic E-state index is 12.8. The summed E-state index contributed by atoms with van der Waals surface area (Å²) >= 11 is 0. The summed E-state index contributed by atoms with van der Waals surface area (Å²) in [5.74, 6) is -0.218. The number of fused-ring (bicyclic) bond motifs is 2. The van der Waals surface area contributed by atoms with Crippen LogP contribution in [0.4, 0.5) is 0 Å². The van der Waals surface area contributed by atoms with Gasteiger partial charge in [0.25, 0.3) is 5.91 Å². The highest BCUT2D eigenvalue weighted by molar-refractivity contribution is 5.97. The van der Waals surface area contributed by atoms with Gasteiger partial charge in [0.1, 0.15) is 12.3 Å². The second-order valence-electron chi connectivity index (χ2n) is 5.72. The van der Waals surface area contributed by atoms with E-state index in [1.807, 2.05) is 5.01 Å². The third-order valence-electron chi connectivity index (χ3n) is 4.63. The van der Waals surface area contributed by atoms with Crippen LogP contribution in [0, 0.1) is 6.92 Å². The first-order valence-corrected chi connectivity index (χ1v) is 7.23. The number of nitrogens with zero attached hydrogens (tertiary/aromatic N) is 3. The molecule has 8 heteroatoms. The lowest BCUT2D eigenvalue weighted by atomic mass is 10.1. The van der Waals surface area contributed by atoms with Crippen molar-refractivity contribution in [2.24, 2.45) is 0 Å². The molecule has 22 heavy (non-hydrogen) atoms. The number of aliphatic hydroxyl groups is 1. The van der Waals surface area contributed by atoms with Crippen LogP contribution in [0.2, 0.25) is 0 Å². The van der Waals surface area contributed by atoms with Gasteiger partial charge in [0.2, 0.25) is 5.43 Å². The average Bonchev–Trinajstić information content (AvgIpc) is 2.87. The van der Waals surface area contributed by atoms with Gasteiger partial charge in [0.15, 0.2) is 11.4 Å². The van der Waals surface area contributed by atoms with Crippen LogP contribution in [0.5, 0.6) is 5.75 Å². The fraction of sp³-hybridized carbons (Fsp3) is 0.571. The normalized spacial score (nSPS) is 26.0. The molecule has 1 amide bonds. The highest BCUT2D eigenvalue weighted by Gasteiger charge is 2.47. The minimum absolute atomic E-state index is 0.0373. The Morgan fingerprint density at radius 2 is 2.14 bits per heavy atom. The lowest BCUT2D eigenvalue weighted by molar-refractivity contribution is -0.0163. The molecule has 1 N–H and O–H groups in total. The Balaban J connectivity index is 2.05. The number of hydrogen-bond donors (Lipinski definition) is 1. The zero-order valence-electron chi connectivity index (χ0n) is 12.4. The Bertz CT molecular complexity index is 728. The van der Waals surface area contributed by atoms with Gasteiger partial charge in [-0.25, -0.2) is 4.68 Å². The van der Waals surface area contributed by atoms with Gasteiger partial charge in [-0.2, -0.15) is 0 Å². The molecule has 0 aliphatic carbocycles. The smallest absolute Gasteiger partial charge is 0.278 e. The summed E-state index contributed by atoms with van der Waals surface area (Å²) in [6.07, 6.45) is -1.08. The van der Waals surface area contributed by atoms with E-state index in [2.05, 4.69) is 0 Å². The highest BCUT2D eigenvalue weighted by atomic mass is 16.5. The molecule has 0 bridgehead atoms. The molecule has 3 aliphatic heterocycles. The van der Waals surface area contributed by atoms with E-state index in [-0.39, 0.29) is 28.9 Å². The zero-order chi connectivity index (χ0) is 15.6. The molecule has 2 unspecified atom stereocenters. The maximum Gasteiger partial charge on any atom is 0.278 e. The summed E-state index contributed by atoms with van der Waals surface area (Å²) in [6, 6.07) is 0. The second kappa shape index (κ2) is 4.47. The Kier molecular flexibility index (Phi) is 2.76. The number of aliphatic hydroxyl groups excluding tert-OH is 1. The second-order valence-corrected chi connectivity index (χ2v) is 5.72. The van der Waals surface area contributed by atoms with Gasteiger partial charge in [-0.15, -0.1) is 0 Å². The van der Waals surface area contributed by atoms with E-state index in [0.29, 0.717) is 37.6 Å². The van der Waals surface area contributed by atoms with Gasteiger partial charge in [0.05, 0.1) is 32.6 Å². The summed E-state index contributed by atoms with van der Waals surface area (Å²) in [4.78, 5) is 27.0. The van der Waals surface area contributed by atoms with Crippen molar-refractivity contribution in [3.63, 3.8) is 0 Å². The Labute approximate surface area is 126 Å². The standard InChI is InChI=1S/C14H17N3O5/c1-7-10-8(18)5-16-9-6-22-4-3-15(9)14(20)11(17(10)16)13(21-2)12(7)19/h8-9,18H,3-6H2,1-2H3. The van der Waals surface area contributed by atoms with Gasteiger partial charge in [-0.05, 0) is 6.92 Å². The number of carbonyl (C=O) groups excluding carboxylic acids is 1. The number of amides is 1. The minimum atomic E-state index is -0.813. The molecule has 0 spiro atoms. The van der Waals surface area contributed by atoms with Crippen molar-refractivity contribution in [1.82, 2.24) is 9.58 Å². The highest BCUT2D eigenvalue weighted by Crippen LogP contribution is 2.35. The molecule has 8 nitrogen and oxygen atoms in total. The molecule has 1 aromatic heterocycles. The van der Waals surface area contributed by atoms with Crippen LogP contribution >= 0.6 is 0 Å². The first-order chi connectivity index (χ1) is 10.6.